The van der Waals surface area contributed by atoms with Crippen molar-refractivity contribution in [3.8, 4) is 5.75 Å². The highest BCUT2D eigenvalue weighted by Crippen LogP contribution is 2.24. The van der Waals surface area contributed by atoms with Gasteiger partial charge in [-0.05, 0) is 37.1 Å². The zero-order valence-corrected chi connectivity index (χ0v) is 17.0. The maximum atomic E-state index is 12.9. The zero-order valence-electron chi connectivity index (χ0n) is 17.0. The van der Waals surface area contributed by atoms with Crippen LogP contribution in [0.5, 0.6) is 5.75 Å². The van der Waals surface area contributed by atoms with Crippen molar-refractivity contribution in [2.75, 3.05) is 46.0 Å². The Morgan fingerprint density at radius 3 is 2.57 bits per heavy atom. The highest BCUT2D eigenvalue weighted by molar-refractivity contribution is 5.97. The molecule has 2 saturated heterocycles. The molecule has 2 fully saturated rings. The third-order valence-corrected chi connectivity index (χ3v) is 5.62. The first-order valence-corrected chi connectivity index (χ1v) is 10.5. The van der Waals surface area contributed by atoms with E-state index in [1.807, 2.05) is 29.2 Å². The molecule has 0 radical (unpaired) electrons. The molecule has 0 spiro atoms. The Balaban J connectivity index is 1.37. The molecule has 158 valence electrons. The average Bonchev–Trinajstić information content (AvgIpc) is 2.83. The van der Waals surface area contributed by atoms with E-state index in [-0.39, 0.29) is 17.7 Å². The maximum absolute atomic E-state index is 12.9. The second-order valence-corrected chi connectivity index (χ2v) is 7.71. The molecule has 1 aromatic heterocycles. The first-order valence-electron chi connectivity index (χ1n) is 10.5. The molecule has 7 heteroatoms. The molecule has 2 amide bonds. The Morgan fingerprint density at radius 1 is 1.00 bits per heavy atom. The lowest BCUT2D eigenvalue weighted by Crippen LogP contribution is -2.42. The summed E-state index contributed by atoms with van der Waals surface area (Å²) in [6.07, 6.45) is 5.22. The first-order chi connectivity index (χ1) is 14.7. The van der Waals surface area contributed by atoms with Crippen LogP contribution < -0.4 is 4.74 Å². The third-order valence-electron chi connectivity index (χ3n) is 5.62. The van der Waals surface area contributed by atoms with Crippen molar-refractivity contribution in [1.29, 1.82) is 0 Å². The number of benzene rings is 1. The molecule has 2 aromatic rings. The van der Waals surface area contributed by atoms with E-state index in [0.717, 1.165) is 19.4 Å². The number of carbonyl (C=O) groups is 2. The van der Waals surface area contributed by atoms with Gasteiger partial charge >= 0.3 is 0 Å². The highest BCUT2D eigenvalue weighted by atomic mass is 16.5. The Morgan fingerprint density at radius 2 is 1.77 bits per heavy atom. The monoisotopic (exact) mass is 409 g/mol. The molecule has 0 saturated carbocycles. The van der Waals surface area contributed by atoms with Crippen LogP contribution in [0.15, 0.2) is 48.8 Å². The van der Waals surface area contributed by atoms with Gasteiger partial charge in [-0.1, -0.05) is 12.1 Å². The van der Waals surface area contributed by atoms with Gasteiger partial charge in [-0.3, -0.25) is 14.6 Å². The minimum Gasteiger partial charge on any atom is -0.492 e. The molecule has 0 aliphatic carbocycles. The van der Waals surface area contributed by atoms with E-state index in [1.54, 1.807) is 29.4 Å². The van der Waals surface area contributed by atoms with E-state index >= 15 is 0 Å². The van der Waals surface area contributed by atoms with Crippen molar-refractivity contribution >= 4 is 11.8 Å². The highest BCUT2D eigenvalue weighted by Gasteiger charge is 2.26. The van der Waals surface area contributed by atoms with Crippen molar-refractivity contribution in [2.24, 2.45) is 5.92 Å². The molecule has 1 aromatic carbocycles. The fourth-order valence-electron chi connectivity index (χ4n) is 3.98. The fourth-order valence-corrected chi connectivity index (χ4v) is 3.98. The predicted octanol–water partition coefficient (Wildman–Crippen LogP) is 2.49. The number of piperidine rings is 1. The average molecular weight is 409 g/mol. The van der Waals surface area contributed by atoms with Gasteiger partial charge in [0.25, 0.3) is 11.8 Å². The number of hydrogen-bond donors (Lipinski definition) is 0. The Bertz CT molecular complexity index is 868. The van der Waals surface area contributed by atoms with Gasteiger partial charge in [0.05, 0.1) is 25.4 Å². The van der Waals surface area contributed by atoms with Crippen LogP contribution in [0.4, 0.5) is 0 Å². The summed E-state index contributed by atoms with van der Waals surface area (Å²) in [5.74, 6) is 0.847. The van der Waals surface area contributed by atoms with Crippen LogP contribution in [0.3, 0.4) is 0 Å². The Labute approximate surface area is 176 Å². The normalized spacial score (nSPS) is 19.4. The number of ether oxygens (including phenoxy) is 2. The van der Waals surface area contributed by atoms with Gasteiger partial charge in [0.1, 0.15) is 5.75 Å². The molecule has 7 nitrogen and oxygen atoms in total. The van der Waals surface area contributed by atoms with Gasteiger partial charge in [-0.25, -0.2) is 0 Å². The van der Waals surface area contributed by atoms with Crippen LogP contribution >= 0.6 is 0 Å². The van der Waals surface area contributed by atoms with Gasteiger partial charge in [0.2, 0.25) is 0 Å². The van der Waals surface area contributed by atoms with E-state index in [4.69, 9.17) is 9.47 Å². The summed E-state index contributed by atoms with van der Waals surface area (Å²) in [5.41, 5.74) is 1.24. The van der Waals surface area contributed by atoms with Crippen molar-refractivity contribution in [3.63, 3.8) is 0 Å². The molecule has 0 N–H and O–H groups in total. The van der Waals surface area contributed by atoms with Crippen molar-refractivity contribution < 1.29 is 19.1 Å². The lowest BCUT2D eigenvalue weighted by molar-refractivity contribution is 0.0299. The largest absolute Gasteiger partial charge is 0.492 e. The van der Waals surface area contributed by atoms with Gasteiger partial charge in [-0.2, -0.15) is 0 Å². The molecular weight excluding hydrogens is 382 g/mol. The van der Waals surface area contributed by atoms with Crippen LogP contribution in [-0.4, -0.2) is 72.6 Å². The second-order valence-electron chi connectivity index (χ2n) is 7.71. The molecule has 1 unspecified atom stereocenters. The number of morpholine rings is 1. The van der Waals surface area contributed by atoms with Crippen LogP contribution in [0.2, 0.25) is 0 Å². The Kier molecular flexibility index (Phi) is 6.59. The van der Waals surface area contributed by atoms with Crippen LogP contribution in [-0.2, 0) is 4.74 Å². The number of aromatic nitrogens is 1. The van der Waals surface area contributed by atoms with E-state index in [0.29, 0.717) is 56.3 Å². The zero-order chi connectivity index (χ0) is 20.8. The molecule has 2 aliphatic heterocycles. The molecule has 3 heterocycles. The van der Waals surface area contributed by atoms with E-state index < -0.39 is 0 Å². The summed E-state index contributed by atoms with van der Waals surface area (Å²) < 4.78 is 11.4. The number of pyridine rings is 1. The van der Waals surface area contributed by atoms with Crippen molar-refractivity contribution in [2.45, 2.75) is 12.8 Å². The van der Waals surface area contributed by atoms with Gasteiger partial charge in [0.15, 0.2) is 0 Å². The Hall–Kier alpha value is -2.93. The second kappa shape index (κ2) is 9.71. The standard InChI is InChI=1S/C23H27N3O4/c27-22(19-7-9-24-10-8-19)26-11-3-4-18(16-26)17-30-21-6-2-1-5-20(21)23(28)25-12-14-29-15-13-25/h1-2,5-10,18H,3-4,11-17H2. The van der Waals surface area contributed by atoms with Gasteiger partial charge in [-0.15, -0.1) is 0 Å². The first kappa shape index (κ1) is 20.3. The number of carbonyl (C=O) groups excluding carboxylic acids is 2. The SMILES string of the molecule is O=C(c1ccncc1)N1CCCC(COc2ccccc2C(=O)N2CCOCC2)C1. The summed E-state index contributed by atoms with van der Waals surface area (Å²) >= 11 is 0. The summed E-state index contributed by atoms with van der Waals surface area (Å²) in [6, 6.07) is 10.9. The minimum absolute atomic E-state index is 0.0213. The van der Waals surface area contributed by atoms with Crippen LogP contribution in [0.1, 0.15) is 33.6 Å². The molecule has 30 heavy (non-hydrogen) atoms. The fraction of sp³-hybridized carbons (Fsp3) is 0.435. The molecule has 4 rings (SSSR count). The molecular formula is C23H27N3O4. The van der Waals surface area contributed by atoms with E-state index in [2.05, 4.69) is 4.98 Å². The molecule has 0 bridgehead atoms. The topological polar surface area (TPSA) is 72.0 Å². The van der Waals surface area contributed by atoms with Crippen molar-refractivity contribution in [3.05, 3.63) is 59.9 Å². The lowest BCUT2D eigenvalue weighted by atomic mass is 9.98. The smallest absolute Gasteiger partial charge is 0.257 e. The predicted molar refractivity (Wildman–Crippen MR) is 112 cm³/mol. The molecule has 1 atom stereocenters. The molecule has 2 aliphatic rings. The summed E-state index contributed by atoms with van der Waals surface area (Å²) in [6.45, 7) is 4.22. The summed E-state index contributed by atoms with van der Waals surface area (Å²) in [7, 11) is 0. The van der Waals surface area contributed by atoms with E-state index in [1.165, 1.54) is 0 Å². The number of amides is 2. The quantitative estimate of drug-likeness (QED) is 0.759. The summed E-state index contributed by atoms with van der Waals surface area (Å²) in [5, 5.41) is 0. The van der Waals surface area contributed by atoms with Crippen LogP contribution in [0, 0.1) is 5.92 Å². The maximum Gasteiger partial charge on any atom is 0.257 e. The van der Waals surface area contributed by atoms with Gasteiger partial charge in [0, 0.05) is 50.1 Å². The number of hydrogen-bond acceptors (Lipinski definition) is 5. The van der Waals surface area contributed by atoms with Gasteiger partial charge < -0.3 is 19.3 Å². The lowest BCUT2D eigenvalue weighted by Gasteiger charge is -2.33. The van der Waals surface area contributed by atoms with Crippen LogP contribution in [0.25, 0.3) is 0 Å². The number of likely N-dealkylation sites (tertiary alicyclic amines) is 1. The number of nitrogens with zero attached hydrogens (tertiary/aromatic N) is 3. The number of rotatable bonds is 5. The minimum atomic E-state index is -0.0213. The van der Waals surface area contributed by atoms with Crippen molar-refractivity contribution in [1.82, 2.24) is 14.8 Å². The summed E-state index contributed by atoms with van der Waals surface area (Å²) in [4.78, 5) is 33.3. The third kappa shape index (κ3) is 4.79. The van der Waals surface area contributed by atoms with E-state index in [9.17, 15) is 9.59 Å². The number of para-hydroxylation sites is 1.